The third-order valence-electron chi connectivity index (χ3n) is 3.10. The van der Waals surface area contributed by atoms with Crippen molar-refractivity contribution >= 4 is 17.2 Å². The van der Waals surface area contributed by atoms with Crippen LogP contribution in [0.3, 0.4) is 0 Å². The molecule has 0 unspecified atom stereocenters. The molecule has 0 atom stereocenters. The number of thiophene rings is 1. The van der Waals surface area contributed by atoms with E-state index in [1.807, 2.05) is 0 Å². The standard InChI is InChI=1S/C12H19N3S/c1-9-7-8-16-11(9)12(15-13)14-10-5-3-2-4-6-10/h7-8,10H,2-6,13H2,1H3,(H,14,15). The normalized spacial score (nSPS) is 18.8. The molecule has 0 spiro atoms. The van der Waals surface area contributed by atoms with Gasteiger partial charge in [0.25, 0.3) is 0 Å². The van der Waals surface area contributed by atoms with E-state index in [-0.39, 0.29) is 0 Å². The molecule has 4 heteroatoms. The van der Waals surface area contributed by atoms with Crippen LogP contribution in [0.2, 0.25) is 0 Å². The van der Waals surface area contributed by atoms with Crippen LogP contribution in [0.4, 0.5) is 0 Å². The van der Waals surface area contributed by atoms with E-state index in [4.69, 9.17) is 10.8 Å². The SMILES string of the molecule is Cc1ccsc1C(=NC1CCCCC1)NN. The highest BCUT2D eigenvalue weighted by molar-refractivity contribution is 7.12. The summed E-state index contributed by atoms with van der Waals surface area (Å²) >= 11 is 1.70. The first-order valence-corrected chi connectivity index (χ1v) is 6.78. The summed E-state index contributed by atoms with van der Waals surface area (Å²) in [6, 6.07) is 2.56. The molecule has 3 N–H and O–H groups in total. The maximum absolute atomic E-state index is 5.58. The zero-order chi connectivity index (χ0) is 11.4. The summed E-state index contributed by atoms with van der Waals surface area (Å²) in [5.74, 6) is 6.44. The van der Waals surface area contributed by atoms with E-state index in [0.717, 1.165) is 5.84 Å². The van der Waals surface area contributed by atoms with Crippen molar-refractivity contribution in [2.45, 2.75) is 45.1 Å². The molecule has 1 aliphatic carbocycles. The van der Waals surface area contributed by atoms with Crippen molar-refractivity contribution in [1.82, 2.24) is 5.43 Å². The molecule has 1 heterocycles. The number of hydrogen-bond acceptors (Lipinski definition) is 3. The number of nitrogens with zero attached hydrogens (tertiary/aromatic N) is 1. The Kier molecular flexibility index (Phi) is 3.96. The summed E-state index contributed by atoms with van der Waals surface area (Å²) in [5, 5.41) is 2.08. The lowest BCUT2D eigenvalue weighted by Crippen LogP contribution is -2.32. The molecule has 16 heavy (non-hydrogen) atoms. The number of hydrogen-bond donors (Lipinski definition) is 2. The number of aliphatic imine (C=N–C) groups is 1. The number of amidine groups is 1. The van der Waals surface area contributed by atoms with Crippen molar-refractivity contribution in [3.05, 3.63) is 21.9 Å². The molecule has 88 valence electrons. The number of nitrogens with one attached hydrogen (secondary N) is 1. The highest BCUT2D eigenvalue weighted by Gasteiger charge is 2.14. The van der Waals surface area contributed by atoms with E-state index in [1.54, 1.807) is 11.3 Å². The van der Waals surface area contributed by atoms with Crippen molar-refractivity contribution in [2.75, 3.05) is 0 Å². The molecule has 1 aromatic rings. The lowest BCUT2D eigenvalue weighted by atomic mass is 9.96. The molecule has 3 nitrogen and oxygen atoms in total. The van der Waals surface area contributed by atoms with Gasteiger partial charge in [0, 0.05) is 0 Å². The van der Waals surface area contributed by atoms with Crippen molar-refractivity contribution in [2.24, 2.45) is 10.8 Å². The fourth-order valence-corrected chi connectivity index (χ4v) is 3.05. The van der Waals surface area contributed by atoms with Gasteiger partial charge in [-0.3, -0.25) is 4.99 Å². The minimum atomic E-state index is 0.460. The van der Waals surface area contributed by atoms with Crippen molar-refractivity contribution in [1.29, 1.82) is 0 Å². The Morgan fingerprint density at radius 1 is 1.44 bits per heavy atom. The zero-order valence-corrected chi connectivity index (χ0v) is 10.5. The summed E-state index contributed by atoms with van der Waals surface area (Å²) in [4.78, 5) is 5.92. The molecule has 0 bridgehead atoms. The highest BCUT2D eigenvalue weighted by Crippen LogP contribution is 2.22. The fourth-order valence-electron chi connectivity index (χ4n) is 2.17. The Balaban J connectivity index is 2.15. The van der Waals surface area contributed by atoms with E-state index < -0.39 is 0 Å². The largest absolute Gasteiger partial charge is 0.308 e. The first-order chi connectivity index (χ1) is 7.81. The number of hydrazine groups is 1. The maximum Gasteiger partial charge on any atom is 0.153 e. The first-order valence-electron chi connectivity index (χ1n) is 5.90. The van der Waals surface area contributed by atoms with Gasteiger partial charge < -0.3 is 5.43 Å². The van der Waals surface area contributed by atoms with Crippen LogP contribution >= 0.6 is 11.3 Å². The predicted molar refractivity (Wildman–Crippen MR) is 69.8 cm³/mol. The second kappa shape index (κ2) is 5.46. The Labute approximate surface area is 101 Å². The lowest BCUT2D eigenvalue weighted by molar-refractivity contribution is 0.442. The van der Waals surface area contributed by atoms with Gasteiger partial charge in [-0.2, -0.15) is 0 Å². The van der Waals surface area contributed by atoms with Gasteiger partial charge in [-0.05, 0) is 36.8 Å². The Morgan fingerprint density at radius 3 is 2.75 bits per heavy atom. The van der Waals surface area contributed by atoms with E-state index in [1.165, 1.54) is 42.5 Å². The average molecular weight is 237 g/mol. The van der Waals surface area contributed by atoms with Gasteiger partial charge >= 0.3 is 0 Å². The van der Waals surface area contributed by atoms with Crippen LogP contribution in [0.15, 0.2) is 16.4 Å². The van der Waals surface area contributed by atoms with Crippen LogP contribution in [0, 0.1) is 6.92 Å². The summed E-state index contributed by atoms with van der Waals surface area (Å²) in [6.07, 6.45) is 6.37. The lowest BCUT2D eigenvalue weighted by Gasteiger charge is -2.19. The molecule has 0 amide bonds. The summed E-state index contributed by atoms with van der Waals surface area (Å²) in [5.41, 5.74) is 4.00. The van der Waals surface area contributed by atoms with E-state index in [2.05, 4.69) is 23.8 Å². The number of aryl methyl sites for hydroxylation is 1. The molecular weight excluding hydrogens is 218 g/mol. The van der Waals surface area contributed by atoms with Gasteiger partial charge in [-0.1, -0.05) is 19.3 Å². The molecule has 1 aromatic heterocycles. The quantitative estimate of drug-likeness (QED) is 0.359. The third-order valence-corrected chi connectivity index (χ3v) is 4.12. The van der Waals surface area contributed by atoms with Gasteiger partial charge in [0.2, 0.25) is 0 Å². The topological polar surface area (TPSA) is 50.4 Å². The van der Waals surface area contributed by atoms with E-state index in [0.29, 0.717) is 6.04 Å². The Morgan fingerprint density at radius 2 is 2.19 bits per heavy atom. The van der Waals surface area contributed by atoms with Gasteiger partial charge in [0.15, 0.2) is 5.84 Å². The van der Waals surface area contributed by atoms with Gasteiger partial charge in [0.1, 0.15) is 0 Å². The smallest absolute Gasteiger partial charge is 0.153 e. The molecule has 1 aliphatic rings. The summed E-state index contributed by atoms with van der Waals surface area (Å²) in [7, 11) is 0. The Hall–Kier alpha value is -0.870. The minimum Gasteiger partial charge on any atom is -0.308 e. The van der Waals surface area contributed by atoms with Crippen LogP contribution in [-0.4, -0.2) is 11.9 Å². The maximum atomic E-state index is 5.58. The van der Waals surface area contributed by atoms with Crippen molar-refractivity contribution in [3.63, 3.8) is 0 Å². The highest BCUT2D eigenvalue weighted by atomic mass is 32.1. The second-order valence-corrected chi connectivity index (χ2v) is 5.26. The van der Waals surface area contributed by atoms with Crippen molar-refractivity contribution in [3.8, 4) is 0 Å². The minimum absolute atomic E-state index is 0.460. The zero-order valence-electron chi connectivity index (χ0n) is 9.70. The molecule has 0 aromatic carbocycles. The van der Waals surface area contributed by atoms with Crippen LogP contribution < -0.4 is 11.3 Å². The van der Waals surface area contributed by atoms with E-state index >= 15 is 0 Å². The van der Waals surface area contributed by atoms with Crippen molar-refractivity contribution < 1.29 is 0 Å². The van der Waals surface area contributed by atoms with Gasteiger partial charge in [-0.25, -0.2) is 5.84 Å². The second-order valence-electron chi connectivity index (χ2n) is 4.35. The van der Waals surface area contributed by atoms with Crippen LogP contribution in [0.1, 0.15) is 42.5 Å². The monoisotopic (exact) mass is 237 g/mol. The summed E-state index contributed by atoms with van der Waals surface area (Å²) in [6.45, 7) is 2.10. The molecule has 0 saturated heterocycles. The summed E-state index contributed by atoms with van der Waals surface area (Å²) < 4.78 is 0. The van der Waals surface area contributed by atoms with Crippen LogP contribution in [0.5, 0.6) is 0 Å². The van der Waals surface area contributed by atoms with Gasteiger partial charge in [0.05, 0.1) is 10.9 Å². The molecule has 1 fully saturated rings. The molecular formula is C12H19N3S. The predicted octanol–water partition coefficient (Wildman–Crippen LogP) is 2.60. The average Bonchev–Trinajstić information content (AvgIpc) is 2.74. The first kappa shape index (κ1) is 11.6. The van der Waals surface area contributed by atoms with Gasteiger partial charge in [-0.15, -0.1) is 11.3 Å². The number of rotatable bonds is 2. The number of nitrogens with two attached hydrogens (primary N) is 1. The van der Waals surface area contributed by atoms with Crippen LogP contribution in [0.25, 0.3) is 0 Å². The molecule has 1 saturated carbocycles. The Bertz CT molecular complexity index is 364. The molecule has 0 aliphatic heterocycles. The molecule has 0 radical (unpaired) electrons. The van der Waals surface area contributed by atoms with Crippen LogP contribution in [-0.2, 0) is 0 Å². The third kappa shape index (κ3) is 2.62. The molecule has 2 rings (SSSR count). The van der Waals surface area contributed by atoms with E-state index in [9.17, 15) is 0 Å². The fraction of sp³-hybridized carbons (Fsp3) is 0.583.